The molecule has 0 atom stereocenters. The van der Waals surface area contributed by atoms with Crippen molar-refractivity contribution < 1.29 is 18.7 Å². The van der Waals surface area contributed by atoms with Crippen molar-refractivity contribution in [2.75, 3.05) is 13.7 Å². The summed E-state index contributed by atoms with van der Waals surface area (Å²) in [5, 5.41) is 4.89. The van der Waals surface area contributed by atoms with E-state index in [2.05, 4.69) is 10.5 Å². The minimum atomic E-state index is -0.428. The molecule has 1 aromatic heterocycles. The zero-order valence-corrected chi connectivity index (χ0v) is 15.8. The number of hydrogen-bond acceptors (Lipinski definition) is 6. The van der Waals surface area contributed by atoms with Gasteiger partial charge >= 0.3 is 5.63 Å². The van der Waals surface area contributed by atoms with Gasteiger partial charge in [-0.2, -0.15) is 5.10 Å². The molecule has 0 saturated heterocycles. The van der Waals surface area contributed by atoms with Gasteiger partial charge in [0.25, 0.3) is 5.91 Å². The molecule has 3 rings (SSSR count). The van der Waals surface area contributed by atoms with Crippen LogP contribution >= 0.6 is 0 Å². The van der Waals surface area contributed by atoms with Crippen LogP contribution in [0.4, 0.5) is 0 Å². The molecule has 0 aliphatic heterocycles. The van der Waals surface area contributed by atoms with Crippen molar-refractivity contribution in [1.29, 1.82) is 0 Å². The average Bonchev–Trinajstić information content (AvgIpc) is 2.70. The number of rotatable bonds is 6. The van der Waals surface area contributed by atoms with E-state index in [9.17, 15) is 9.59 Å². The minimum absolute atomic E-state index is 0.226. The number of carbonyl (C=O) groups excluding carboxylic acids is 1. The van der Waals surface area contributed by atoms with Crippen molar-refractivity contribution in [1.82, 2.24) is 5.43 Å². The first-order chi connectivity index (χ1) is 13.5. The van der Waals surface area contributed by atoms with E-state index in [1.807, 2.05) is 31.2 Å². The molecule has 3 aromatic rings. The maximum absolute atomic E-state index is 12.0. The summed E-state index contributed by atoms with van der Waals surface area (Å²) in [4.78, 5) is 23.5. The highest BCUT2D eigenvalue weighted by Crippen LogP contribution is 2.22. The van der Waals surface area contributed by atoms with Gasteiger partial charge in [-0.3, -0.25) is 4.79 Å². The number of methoxy groups -OCH3 is 1. The van der Waals surface area contributed by atoms with Crippen LogP contribution in [-0.4, -0.2) is 25.3 Å². The van der Waals surface area contributed by atoms with E-state index in [4.69, 9.17) is 13.9 Å². The van der Waals surface area contributed by atoms with Gasteiger partial charge in [-0.15, -0.1) is 0 Å². The van der Waals surface area contributed by atoms with Crippen molar-refractivity contribution in [3.63, 3.8) is 0 Å². The van der Waals surface area contributed by atoms with Crippen LogP contribution in [0.15, 0.2) is 62.8 Å². The normalized spacial score (nSPS) is 11.3. The molecule has 7 nitrogen and oxygen atoms in total. The van der Waals surface area contributed by atoms with E-state index < -0.39 is 11.5 Å². The van der Waals surface area contributed by atoms with Crippen molar-refractivity contribution in [3.05, 3.63) is 70.1 Å². The monoisotopic (exact) mass is 380 g/mol. The molecule has 0 aliphatic carbocycles. The molecule has 144 valence electrons. The van der Waals surface area contributed by atoms with Gasteiger partial charge in [0.2, 0.25) is 0 Å². The molecular formula is C21H20N2O5. The van der Waals surface area contributed by atoms with Crippen LogP contribution in [0.3, 0.4) is 0 Å². The summed E-state index contributed by atoms with van der Waals surface area (Å²) in [6, 6.07) is 13.9. The van der Waals surface area contributed by atoms with E-state index in [1.54, 1.807) is 32.2 Å². The lowest BCUT2D eigenvalue weighted by Crippen LogP contribution is -2.25. The van der Waals surface area contributed by atoms with Gasteiger partial charge in [0.05, 0.1) is 12.8 Å². The Balaban J connectivity index is 1.62. The smallest absolute Gasteiger partial charge is 0.336 e. The zero-order chi connectivity index (χ0) is 20.1. The van der Waals surface area contributed by atoms with Crippen LogP contribution in [0.5, 0.6) is 11.5 Å². The number of hydrogen-bond donors (Lipinski definition) is 1. The molecule has 1 heterocycles. The fourth-order valence-corrected chi connectivity index (χ4v) is 2.64. The Morgan fingerprint density at radius 2 is 1.96 bits per heavy atom. The van der Waals surface area contributed by atoms with Crippen LogP contribution in [0.2, 0.25) is 0 Å². The number of hydrazone groups is 1. The number of benzene rings is 2. The summed E-state index contributed by atoms with van der Waals surface area (Å²) in [7, 11) is 1.59. The lowest BCUT2D eigenvalue weighted by atomic mass is 10.1. The highest BCUT2D eigenvalue weighted by Gasteiger charge is 2.07. The molecule has 28 heavy (non-hydrogen) atoms. The van der Waals surface area contributed by atoms with Crippen molar-refractivity contribution in [2.45, 2.75) is 13.8 Å². The molecule has 0 unspecified atom stereocenters. The summed E-state index contributed by atoms with van der Waals surface area (Å²) >= 11 is 0. The summed E-state index contributed by atoms with van der Waals surface area (Å²) < 4.78 is 15.8. The first kappa shape index (κ1) is 19.2. The highest BCUT2D eigenvalue weighted by molar-refractivity contribution is 5.99. The number of amides is 1. The lowest BCUT2D eigenvalue weighted by molar-refractivity contribution is -0.123. The standard InChI is InChI=1S/C21H20N2O5/c1-13-9-21(25)28-19-11-17(7-8-18(13)19)27-12-20(24)23-22-14(2)15-5-4-6-16(10-15)26-3/h4-11H,12H2,1-3H3,(H,23,24)/b22-14-. The second kappa shape index (κ2) is 8.39. The maximum atomic E-state index is 12.0. The van der Waals surface area contributed by atoms with Gasteiger partial charge < -0.3 is 13.9 Å². The quantitative estimate of drug-likeness (QED) is 0.403. The van der Waals surface area contributed by atoms with Crippen molar-refractivity contribution in [2.24, 2.45) is 5.10 Å². The van der Waals surface area contributed by atoms with Crippen LogP contribution in [0.25, 0.3) is 11.0 Å². The zero-order valence-electron chi connectivity index (χ0n) is 15.8. The number of fused-ring (bicyclic) bond motifs is 1. The minimum Gasteiger partial charge on any atom is -0.497 e. The first-order valence-corrected chi connectivity index (χ1v) is 8.61. The summed E-state index contributed by atoms with van der Waals surface area (Å²) in [5.74, 6) is 0.720. The SMILES string of the molecule is COc1cccc(/C(C)=N\NC(=O)COc2ccc3c(C)cc(=O)oc3c2)c1. The van der Waals surface area contributed by atoms with Gasteiger partial charge in [0, 0.05) is 23.1 Å². The molecule has 0 spiro atoms. The molecule has 1 N–H and O–H groups in total. The number of carbonyl (C=O) groups is 1. The Hall–Kier alpha value is -3.61. The Kier molecular flexibility index (Phi) is 5.74. The van der Waals surface area contributed by atoms with Crippen molar-refractivity contribution >= 4 is 22.6 Å². The lowest BCUT2D eigenvalue weighted by Gasteiger charge is -2.08. The van der Waals surface area contributed by atoms with E-state index in [1.165, 1.54) is 6.07 Å². The van der Waals surface area contributed by atoms with Gasteiger partial charge in [-0.05, 0) is 43.7 Å². The summed E-state index contributed by atoms with van der Waals surface area (Å²) in [5.41, 5.74) is 4.72. The number of nitrogens with zero attached hydrogens (tertiary/aromatic N) is 1. The molecular weight excluding hydrogens is 360 g/mol. The number of ether oxygens (including phenoxy) is 2. The molecule has 2 aromatic carbocycles. The molecule has 0 radical (unpaired) electrons. The van der Waals surface area contributed by atoms with E-state index in [0.717, 1.165) is 16.5 Å². The topological polar surface area (TPSA) is 90.1 Å². The molecule has 0 saturated carbocycles. The highest BCUT2D eigenvalue weighted by atomic mass is 16.5. The summed E-state index contributed by atoms with van der Waals surface area (Å²) in [6.07, 6.45) is 0. The van der Waals surface area contributed by atoms with Crippen LogP contribution in [0, 0.1) is 6.92 Å². The fourth-order valence-electron chi connectivity index (χ4n) is 2.64. The first-order valence-electron chi connectivity index (χ1n) is 8.61. The van der Waals surface area contributed by atoms with E-state index in [0.29, 0.717) is 22.8 Å². The Morgan fingerprint density at radius 1 is 1.14 bits per heavy atom. The van der Waals surface area contributed by atoms with Crippen LogP contribution in [-0.2, 0) is 4.79 Å². The maximum Gasteiger partial charge on any atom is 0.336 e. The second-order valence-electron chi connectivity index (χ2n) is 6.16. The van der Waals surface area contributed by atoms with Crippen molar-refractivity contribution in [3.8, 4) is 11.5 Å². The predicted molar refractivity (Wildman–Crippen MR) is 106 cm³/mol. The number of nitrogens with one attached hydrogen (secondary N) is 1. The van der Waals surface area contributed by atoms with E-state index >= 15 is 0 Å². The molecule has 1 amide bonds. The molecule has 0 fully saturated rings. The average molecular weight is 380 g/mol. The Bertz CT molecular complexity index is 1100. The molecule has 0 bridgehead atoms. The fraction of sp³-hybridized carbons (Fsp3) is 0.190. The van der Waals surface area contributed by atoms with E-state index in [-0.39, 0.29) is 6.61 Å². The molecule has 7 heteroatoms. The predicted octanol–water partition coefficient (Wildman–Crippen LogP) is 3.03. The number of aryl methyl sites for hydroxylation is 1. The Labute approximate surface area is 161 Å². The third kappa shape index (κ3) is 4.56. The van der Waals surface area contributed by atoms with Gasteiger partial charge in [0.15, 0.2) is 6.61 Å². The third-order valence-electron chi connectivity index (χ3n) is 4.13. The second-order valence-corrected chi connectivity index (χ2v) is 6.16. The molecule has 0 aliphatic rings. The summed E-state index contributed by atoms with van der Waals surface area (Å²) in [6.45, 7) is 3.38. The third-order valence-corrected chi connectivity index (χ3v) is 4.13. The van der Waals surface area contributed by atoms with Crippen LogP contribution in [0.1, 0.15) is 18.1 Å². The van der Waals surface area contributed by atoms with Gasteiger partial charge in [0.1, 0.15) is 17.1 Å². The Morgan fingerprint density at radius 3 is 2.75 bits per heavy atom. The largest absolute Gasteiger partial charge is 0.497 e. The van der Waals surface area contributed by atoms with Gasteiger partial charge in [-0.1, -0.05) is 12.1 Å². The van der Waals surface area contributed by atoms with Crippen LogP contribution < -0.4 is 20.5 Å². The van der Waals surface area contributed by atoms with Gasteiger partial charge in [-0.25, -0.2) is 10.2 Å².